The van der Waals surface area contributed by atoms with Gasteiger partial charge in [-0.2, -0.15) is 9.78 Å². The molecule has 4 aromatic rings. The molecule has 178 valence electrons. The summed E-state index contributed by atoms with van der Waals surface area (Å²) < 4.78 is 8.21. The van der Waals surface area contributed by atoms with Gasteiger partial charge in [0.25, 0.3) is 11.5 Å². The van der Waals surface area contributed by atoms with Crippen LogP contribution < -0.4 is 15.6 Å². The summed E-state index contributed by atoms with van der Waals surface area (Å²) in [5.74, 6) is 0.471. The Hall–Kier alpha value is -3.01. The first-order chi connectivity index (χ1) is 16.7. The number of anilines is 1. The lowest BCUT2D eigenvalue weighted by molar-refractivity contribution is -0.118. The minimum absolute atomic E-state index is 0.215. The van der Waals surface area contributed by atoms with Crippen molar-refractivity contribution in [3.05, 3.63) is 95.9 Å². The second-order valence-corrected chi connectivity index (χ2v) is 9.82. The zero-order valence-corrected chi connectivity index (χ0v) is 22.6. The fourth-order valence-corrected chi connectivity index (χ4v) is 4.70. The monoisotopic (exact) mass is 616 g/mol. The smallest absolute Gasteiger partial charge is 0.282 e. The Morgan fingerprint density at radius 1 is 1.17 bits per heavy atom. The van der Waals surface area contributed by atoms with Crippen LogP contribution in [0.1, 0.15) is 17.0 Å². The summed E-state index contributed by atoms with van der Waals surface area (Å²) >= 11 is 13.2. The molecule has 0 saturated carbocycles. The van der Waals surface area contributed by atoms with E-state index in [0.29, 0.717) is 32.5 Å². The molecule has 0 unspecified atom stereocenters. The Bertz CT molecular complexity index is 1510. The number of hydrogen-bond acceptors (Lipinski definition) is 5. The molecule has 4 rings (SSSR count). The molecular formula is C25H19Br2ClN4O3. The molecule has 1 amide bonds. The summed E-state index contributed by atoms with van der Waals surface area (Å²) in [6.45, 7) is 3.40. The number of ether oxygens (including phenoxy) is 1. The van der Waals surface area contributed by atoms with Crippen LogP contribution >= 0.6 is 43.5 Å². The molecule has 35 heavy (non-hydrogen) atoms. The molecule has 0 bridgehead atoms. The van der Waals surface area contributed by atoms with Gasteiger partial charge in [-0.25, -0.2) is 4.98 Å². The Labute approximate surface area is 223 Å². The number of amides is 1. The topological polar surface area (TPSA) is 85.6 Å². The number of nitrogens with one attached hydrogen (secondary N) is 1. The van der Waals surface area contributed by atoms with Crippen LogP contribution in [-0.2, 0) is 4.79 Å². The summed E-state index contributed by atoms with van der Waals surface area (Å²) in [5, 5.41) is 7.86. The third kappa shape index (κ3) is 5.80. The number of fused-ring (bicyclic) bond motifs is 1. The summed E-state index contributed by atoms with van der Waals surface area (Å²) in [4.78, 5) is 29.7. The van der Waals surface area contributed by atoms with Gasteiger partial charge in [0.1, 0.15) is 5.82 Å². The van der Waals surface area contributed by atoms with Gasteiger partial charge in [0.15, 0.2) is 12.4 Å². The maximum atomic E-state index is 12.9. The third-order valence-electron chi connectivity index (χ3n) is 5.08. The summed E-state index contributed by atoms with van der Waals surface area (Å²) in [7, 11) is 0. The zero-order valence-electron chi connectivity index (χ0n) is 18.7. The van der Waals surface area contributed by atoms with E-state index in [1.165, 1.54) is 10.9 Å². The lowest BCUT2D eigenvalue weighted by Gasteiger charge is -2.12. The molecule has 0 radical (unpaired) electrons. The molecule has 0 aliphatic heterocycles. The van der Waals surface area contributed by atoms with Crippen molar-refractivity contribution in [2.24, 2.45) is 5.10 Å². The van der Waals surface area contributed by atoms with Crippen LogP contribution in [0.5, 0.6) is 5.75 Å². The van der Waals surface area contributed by atoms with Crippen molar-refractivity contribution in [3.63, 3.8) is 0 Å². The molecule has 1 heterocycles. The number of aryl methyl sites for hydroxylation is 2. The number of carbonyl (C=O) groups is 1. The molecule has 0 spiro atoms. The zero-order chi connectivity index (χ0) is 25.1. The van der Waals surface area contributed by atoms with Crippen LogP contribution in [0.15, 0.2) is 73.4 Å². The van der Waals surface area contributed by atoms with E-state index in [0.717, 1.165) is 15.7 Å². The van der Waals surface area contributed by atoms with Crippen molar-refractivity contribution in [1.29, 1.82) is 0 Å². The number of hydrogen-bond donors (Lipinski definition) is 1. The standard InChI is InChI=1S/C25H19Br2ClN4O3/c1-14-5-3-4-6-21(14)31-23(33)13-35-24-19(27)9-16(10-20(24)28)12-29-32-15(2)30-22-8-7-17(26)11-18(22)25(32)34/h3-12H,13H2,1-2H3,(H,31,33). The van der Waals surface area contributed by atoms with Crippen molar-refractivity contribution < 1.29 is 9.53 Å². The van der Waals surface area contributed by atoms with E-state index in [4.69, 9.17) is 16.3 Å². The molecule has 0 atom stereocenters. The number of rotatable bonds is 6. The Morgan fingerprint density at radius 2 is 1.94 bits per heavy atom. The van der Waals surface area contributed by atoms with E-state index in [1.54, 1.807) is 31.2 Å². The average Bonchev–Trinajstić information content (AvgIpc) is 2.80. The van der Waals surface area contributed by atoms with Gasteiger partial charge in [0.05, 0.1) is 26.6 Å². The highest BCUT2D eigenvalue weighted by Crippen LogP contribution is 2.34. The second kappa shape index (κ2) is 10.7. The van der Waals surface area contributed by atoms with Crippen LogP contribution in [0, 0.1) is 13.8 Å². The SMILES string of the molecule is Cc1ccccc1NC(=O)COc1c(Cl)cc(C=Nn2c(C)nc3ccc(Br)cc3c2=O)cc1Br. The van der Waals surface area contributed by atoms with Gasteiger partial charge < -0.3 is 10.1 Å². The molecule has 0 aliphatic rings. The van der Waals surface area contributed by atoms with Crippen molar-refractivity contribution in [1.82, 2.24) is 9.66 Å². The van der Waals surface area contributed by atoms with Gasteiger partial charge in [0.2, 0.25) is 0 Å². The predicted molar refractivity (Wildman–Crippen MR) is 146 cm³/mol. The van der Waals surface area contributed by atoms with E-state index in [1.807, 2.05) is 37.3 Å². The van der Waals surface area contributed by atoms with E-state index in [2.05, 4.69) is 47.3 Å². The summed E-state index contributed by atoms with van der Waals surface area (Å²) in [6, 6.07) is 16.2. The van der Waals surface area contributed by atoms with E-state index >= 15 is 0 Å². The predicted octanol–water partition coefficient (Wildman–Crippen LogP) is 6.09. The molecule has 3 aromatic carbocycles. The Balaban J connectivity index is 1.52. The lowest BCUT2D eigenvalue weighted by Crippen LogP contribution is -2.21. The highest BCUT2D eigenvalue weighted by Gasteiger charge is 2.13. The minimum atomic E-state index is -0.307. The van der Waals surface area contributed by atoms with Crippen molar-refractivity contribution in [2.75, 3.05) is 11.9 Å². The first kappa shape index (κ1) is 25.1. The van der Waals surface area contributed by atoms with Crippen molar-refractivity contribution in [2.45, 2.75) is 13.8 Å². The lowest BCUT2D eigenvalue weighted by atomic mass is 10.2. The first-order valence-electron chi connectivity index (χ1n) is 10.4. The van der Waals surface area contributed by atoms with Gasteiger partial charge in [-0.15, -0.1) is 0 Å². The van der Waals surface area contributed by atoms with Crippen molar-refractivity contribution >= 4 is 72.2 Å². The number of nitrogens with zero attached hydrogens (tertiary/aromatic N) is 3. The van der Waals surface area contributed by atoms with E-state index in [-0.39, 0.29) is 23.1 Å². The van der Waals surface area contributed by atoms with Crippen LogP contribution in [0.25, 0.3) is 10.9 Å². The highest BCUT2D eigenvalue weighted by molar-refractivity contribution is 9.10. The van der Waals surface area contributed by atoms with E-state index in [9.17, 15) is 9.59 Å². The molecule has 1 N–H and O–H groups in total. The fourth-order valence-electron chi connectivity index (χ4n) is 3.35. The summed E-state index contributed by atoms with van der Waals surface area (Å²) in [5.41, 5.74) is 2.61. The first-order valence-corrected chi connectivity index (χ1v) is 12.4. The van der Waals surface area contributed by atoms with Crippen LogP contribution in [0.2, 0.25) is 5.02 Å². The number of halogens is 3. The second-order valence-electron chi connectivity index (χ2n) is 7.65. The van der Waals surface area contributed by atoms with Crippen molar-refractivity contribution in [3.8, 4) is 5.75 Å². The van der Waals surface area contributed by atoms with E-state index < -0.39 is 0 Å². The molecule has 0 aliphatic carbocycles. The third-order valence-corrected chi connectivity index (χ3v) is 6.44. The Morgan fingerprint density at radius 3 is 2.69 bits per heavy atom. The van der Waals surface area contributed by atoms with Gasteiger partial charge in [-0.3, -0.25) is 9.59 Å². The van der Waals surface area contributed by atoms with Crippen LogP contribution in [-0.4, -0.2) is 28.4 Å². The van der Waals surface area contributed by atoms with Gasteiger partial charge in [0, 0.05) is 10.2 Å². The summed E-state index contributed by atoms with van der Waals surface area (Å²) in [6.07, 6.45) is 1.51. The molecule has 0 saturated heterocycles. The average molecular weight is 619 g/mol. The molecule has 1 aromatic heterocycles. The normalized spacial score (nSPS) is 11.2. The number of para-hydroxylation sites is 1. The highest BCUT2D eigenvalue weighted by atomic mass is 79.9. The number of benzene rings is 3. The molecule has 0 fully saturated rings. The largest absolute Gasteiger partial charge is 0.481 e. The molecule has 10 heteroatoms. The maximum absolute atomic E-state index is 12.9. The molecule has 7 nitrogen and oxygen atoms in total. The van der Waals surface area contributed by atoms with Crippen LogP contribution in [0.4, 0.5) is 5.69 Å². The quantitative estimate of drug-likeness (QED) is 0.265. The number of aromatic nitrogens is 2. The van der Waals surface area contributed by atoms with Gasteiger partial charge >= 0.3 is 0 Å². The van der Waals surface area contributed by atoms with Crippen LogP contribution in [0.3, 0.4) is 0 Å². The number of carbonyl (C=O) groups excluding carboxylic acids is 1. The van der Waals surface area contributed by atoms with Gasteiger partial charge in [-0.05, 0) is 77.3 Å². The fraction of sp³-hybridized carbons (Fsp3) is 0.120. The maximum Gasteiger partial charge on any atom is 0.282 e. The minimum Gasteiger partial charge on any atom is -0.481 e. The Kier molecular flexibility index (Phi) is 7.69. The van der Waals surface area contributed by atoms with Gasteiger partial charge in [-0.1, -0.05) is 45.7 Å². The molecular weight excluding hydrogens is 600 g/mol.